The fraction of sp³-hybridized carbons (Fsp3) is 0.207. The number of ether oxygens (including phenoxy) is 2. The molecule has 2 aliphatic rings. The molecule has 39 heavy (non-hydrogen) atoms. The predicted octanol–water partition coefficient (Wildman–Crippen LogP) is 4.92. The van der Waals surface area contributed by atoms with Gasteiger partial charge in [-0.25, -0.2) is 4.39 Å². The molecule has 5 rings (SSSR count). The molecule has 3 aromatic rings. The van der Waals surface area contributed by atoms with Gasteiger partial charge < -0.3 is 19.7 Å². The van der Waals surface area contributed by atoms with Crippen LogP contribution in [0.2, 0.25) is 0 Å². The number of hydrogen-bond donors (Lipinski definition) is 1. The highest BCUT2D eigenvalue weighted by atomic mass is 32.2. The monoisotopic (exact) mass is 547 g/mol. The van der Waals surface area contributed by atoms with Gasteiger partial charge in [-0.05, 0) is 65.9 Å². The number of hydrogen-bond acceptors (Lipinski definition) is 7. The summed E-state index contributed by atoms with van der Waals surface area (Å²) in [5.74, 6) is -0.839. The van der Waals surface area contributed by atoms with Crippen molar-refractivity contribution in [1.29, 1.82) is 0 Å². The Hall–Kier alpha value is -4.15. The second-order valence-corrected chi connectivity index (χ2v) is 9.91. The second kappa shape index (κ2) is 12.1. The number of anilines is 2. The van der Waals surface area contributed by atoms with Crippen molar-refractivity contribution in [3.05, 3.63) is 94.6 Å². The minimum Gasteiger partial charge on any atom is -0.488 e. The third-order valence-corrected chi connectivity index (χ3v) is 7.12. The van der Waals surface area contributed by atoms with Gasteiger partial charge in [0.25, 0.3) is 11.1 Å². The standard InChI is InChI=1S/C29H26FN3O5S/c30-22-7-5-20(6-8-22)19-38-25-4-2-1-3-21(25)17-26-28(35)33(29(36)39-26)18-27(34)31-23-9-11-24(12-10-23)32-13-15-37-16-14-32/h1-12,17H,13-16,18-19H2,(H,31,34)/b26-17-. The summed E-state index contributed by atoms with van der Waals surface area (Å²) in [7, 11) is 0. The summed E-state index contributed by atoms with van der Waals surface area (Å²) in [4.78, 5) is 41.6. The highest BCUT2D eigenvalue weighted by Crippen LogP contribution is 2.34. The van der Waals surface area contributed by atoms with Crippen molar-refractivity contribution in [2.75, 3.05) is 43.1 Å². The van der Waals surface area contributed by atoms with Crippen LogP contribution in [-0.2, 0) is 20.9 Å². The van der Waals surface area contributed by atoms with E-state index in [2.05, 4.69) is 10.2 Å². The van der Waals surface area contributed by atoms with Crippen LogP contribution in [0.4, 0.5) is 20.6 Å². The average molecular weight is 548 g/mol. The fourth-order valence-corrected chi connectivity index (χ4v) is 5.00. The van der Waals surface area contributed by atoms with Gasteiger partial charge in [-0.2, -0.15) is 0 Å². The highest BCUT2D eigenvalue weighted by Gasteiger charge is 2.36. The number of amides is 3. The van der Waals surface area contributed by atoms with Crippen LogP contribution in [0.3, 0.4) is 0 Å². The van der Waals surface area contributed by atoms with Crippen LogP contribution in [0, 0.1) is 5.82 Å². The summed E-state index contributed by atoms with van der Waals surface area (Å²) in [6.07, 6.45) is 1.58. The Morgan fingerprint density at radius 3 is 2.46 bits per heavy atom. The van der Waals surface area contributed by atoms with Crippen LogP contribution in [0.15, 0.2) is 77.7 Å². The maximum atomic E-state index is 13.2. The summed E-state index contributed by atoms with van der Waals surface area (Å²) in [6.45, 7) is 2.79. The third-order valence-electron chi connectivity index (χ3n) is 6.22. The summed E-state index contributed by atoms with van der Waals surface area (Å²) >= 11 is 0.773. The number of morpholine rings is 1. The summed E-state index contributed by atoms with van der Waals surface area (Å²) < 4.78 is 24.4. The van der Waals surface area contributed by atoms with Gasteiger partial charge in [0.05, 0.1) is 18.1 Å². The summed E-state index contributed by atoms with van der Waals surface area (Å²) in [5, 5.41) is 2.23. The Balaban J connectivity index is 1.20. The molecule has 0 bridgehead atoms. The topological polar surface area (TPSA) is 88.2 Å². The van der Waals surface area contributed by atoms with E-state index in [0.29, 0.717) is 30.2 Å². The molecule has 1 N–H and O–H groups in total. The quantitative estimate of drug-likeness (QED) is 0.401. The molecule has 0 saturated carbocycles. The third kappa shape index (κ3) is 6.65. The van der Waals surface area contributed by atoms with E-state index in [-0.39, 0.29) is 17.3 Å². The molecule has 2 saturated heterocycles. The zero-order valence-corrected chi connectivity index (χ0v) is 21.8. The van der Waals surface area contributed by atoms with Crippen molar-refractivity contribution in [2.24, 2.45) is 0 Å². The van der Waals surface area contributed by atoms with Gasteiger partial charge in [0.15, 0.2) is 0 Å². The van der Waals surface area contributed by atoms with Crippen LogP contribution >= 0.6 is 11.8 Å². The Morgan fingerprint density at radius 2 is 1.72 bits per heavy atom. The average Bonchev–Trinajstić information content (AvgIpc) is 3.21. The van der Waals surface area contributed by atoms with Crippen LogP contribution in [0.25, 0.3) is 6.08 Å². The first-order valence-corrected chi connectivity index (χ1v) is 13.2. The number of benzene rings is 3. The van der Waals surface area contributed by atoms with Gasteiger partial charge in [0, 0.05) is 30.0 Å². The van der Waals surface area contributed by atoms with Crippen molar-refractivity contribution in [2.45, 2.75) is 6.61 Å². The minimum absolute atomic E-state index is 0.195. The van der Waals surface area contributed by atoms with Crippen molar-refractivity contribution in [3.63, 3.8) is 0 Å². The first kappa shape index (κ1) is 26.5. The van der Waals surface area contributed by atoms with E-state index >= 15 is 0 Å². The van der Waals surface area contributed by atoms with E-state index in [4.69, 9.17) is 9.47 Å². The van der Waals surface area contributed by atoms with Gasteiger partial charge >= 0.3 is 0 Å². The van der Waals surface area contributed by atoms with Gasteiger partial charge in [-0.1, -0.05) is 30.3 Å². The Bertz CT molecular complexity index is 1390. The first-order valence-electron chi connectivity index (χ1n) is 12.4. The van der Waals surface area contributed by atoms with E-state index in [0.717, 1.165) is 41.0 Å². The lowest BCUT2D eigenvalue weighted by molar-refractivity contribution is -0.127. The van der Waals surface area contributed by atoms with Crippen molar-refractivity contribution in [3.8, 4) is 5.75 Å². The van der Waals surface area contributed by atoms with Crippen molar-refractivity contribution in [1.82, 2.24) is 4.90 Å². The highest BCUT2D eigenvalue weighted by molar-refractivity contribution is 8.18. The minimum atomic E-state index is -0.545. The lowest BCUT2D eigenvalue weighted by atomic mass is 10.1. The molecule has 8 nitrogen and oxygen atoms in total. The second-order valence-electron chi connectivity index (χ2n) is 8.92. The number of nitrogens with one attached hydrogen (secondary N) is 1. The Kier molecular flexibility index (Phi) is 8.24. The lowest BCUT2D eigenvalue weighted by Crippen LogP contribution is -2.36. The molecule has 3 aromatic carbocycles. The summed E-state index contributed by atoms with van der Waals surface area (Å²) in [6, 6.07) is 20.5. The van der Waals surface area contributed by atoms with Crippen LogP contribution in [0.1, 0.15) is 11.1 Å². The van der Waals surface area contributed by atoms with Crippen molar-refractivity contribution < 1.29 is 28.2 Å². The molecule has 3 amide bonds. The molecule has 0 atom stereocenters. The number of imide groups is 1. The normalized spacial score (nSPS) is 16.6. The Labute approximate surface area is 229 Å². The van der Waals surface area contributed by atoms with Crippen LogP contribution in [-0.4, -0.2) is 54.8 Å². The smallest absolute Gasteiger partial charge is 0.294 e. The van der Waals surface area contributed by atoms with Gasteiger partial charge in [0.1, 0.15) is 24.7 Å². The molecule has 0 spiro atoms. The molecule has 0 aromatic heterocycles. The molecular weight excluding hydrogens is 521 g/mol. The molecular formula is C29H26FN3O5S. The maximum absolute atomic E-state index is 13.2. The zero-order chi connectivity index (χ0) is 27.2. The number of carbonyl (C=O) groups excluding carboxylic acids is 3. The molecule has 0 radical (unpaired) electrons. The van der Waals surface area contributed by atoms with E-state index in [1.54, 1.807) is 54.6 Å². The van der Waals surface area contributed by atoms with Crippen LogP contribution in [0.5, 0.6) is 5.75 Å². The van der Waals surface area contributed by atoms with Gasteiger partial charge in [-0.3, -0.25) is 19.3 Å². The van der Waals surface area contributed by atoms with Crippen LogP contribution < -0.4 is 15.0 Å². The zero-order valence-electron chi connectivity index (χ0n) is 21.0. The Morgan fingerprint density at radius 1 is 1.00 bits per heavy atom. The number of thioether (sulfide) groups is 1. The van der Waals surface area contributed by atoms with E-state index in [1.165, 1.54) is 12.1 Å². The predicted molar refractivity (Wildman–Crippen MR) is 148 cm³/mol. The first-order chi connectivity index (χ1) is 19.0. The molecule has 2 aliphatic heterocycles. The number of halogens is 1. The van der Waals surface area contributed by atoms with Crippen molar-refractivity contribution >= 4 is 46.3 Å². The molecule has 0 unspecified atom stereocenters. The van der Waals surface area contributed by atoms with E-state index < -0.39 is 23.6 Å². The largest absolute Gasteiger partial charge is 0.488 e. The molecule has 200 valence electrons. The SMILES string of the molecule is O=C(CN1C(=O)S/C(=C\c2ccccc2OCc2ccc(F)cc2)C1=O)Nc1ccc(N2CCOCC2)cc1. The maximum Gasteiger partial charge on any atom is 0.294 e. The number of nitrogens with zero attached hydrogens (tertiary/aromatic N) is 2. The molecule has 2 fully saturated rings. The van der Waals surface area contributed by atoms with Gasteiger partial charge in [-0.15, -0.1) is 0 Å². The van der Waals surface area contributed by atoms with Gasteiger partial charge in [0.2, 0.25) is 5.91 Å². The number of para-hydroxylation sites is 1. The molecule has 2 heterocycles. The number of rotatable bonds is 8. The van der Waals surface area contributed by atoms with E-state index in [1.807, 2.05) is 12.1 Å². The van der Waals surface area contributed by atoms with E-state index in [9.17, 15) is 18.8 Å². The fourth-order valence-electron chi connectivity index (χ4n) is 4.17. The molecule has 10 heteroatoms. The molecule has 0 aliphatic carbocycles. The lowest BCUT2D eigenvalue weighted by Gasteiger charge is -2.28. The summed E-state index contributed by atoms with van der Waals surface area (Å²) in [5.41, 5.74) is 3.00. The number of carbonyl (C=O) groups is 3.